The Morgan fingerprint density at radius 3 is 2.81 bits per heavy atom. The Kier molecular flexibility index (Phi) is 3.74. The highest BCUT2D eigenvalue weighted by atomic mass is 16.5. The minimum Gasteiger partial charge on any atom is -0.377 e. The summed E-state index contributed by atoms with van der Waals surface area (Å²) in [5, 5.41) is 8.02. The minimum absolute atomic E-state index is 0.0746. The quantitative estimate of drug-likeness (QED) is 0.927. The van der Waals surface area contributed by atoms with Gasteiger partial charge in [0, 0.05) is 12.8 Å². The standard InChI is InChI=1S/C16H27N3O2/c1-15(2)8-14(16(3,4)21-15)18-12-9-17-19(10-12)11-13-6-5-7-20-13/h9-10,13-14,18H,5-8,11H2,1-4H3. The van der Waals surface area contributed by atoms with Gasteiger partial charge in [0.1, 0.15) is 0 Å². The monoisotopic (exact) mass is 293 g/mol. The zero-order valence-electron chi connectivity index (χ0n) is 13.6. The largest absolute Gasteiger partial charge is 0.377 e. The van der Waals surface area contributed by atoms with Gasteiger partial charge >= 0.3 is 0 Å². The van der Waals surface area contributed by atoms with Gasteiger partial charge in [-0.1, -0.05) is 0 Å². The van der Waals surface area contributed by atoms with E-state index >= 15 is 0 Å². The highest BCUT2D eigenvalue weighted by Gasteiger charge is 2.45. The molecule has 5 nitrogen and oxygen atoms in total. The molecule has 21 heavy (non-hydrogen) atoms. The van der Waals surface area contributed by atoms with Crippen molar-refractivity contribution in [2.24, 2.45) is 0 Å². The molecule has 0 aliphatic carbocycles. The van der Waals surface area contributed by atoms with E-state index in [1.165, 1.54) is 6.42 Å². The first-order valence-corrected chi connectivity index (χ1v) is 7.95. The molecule has 2 aliphatic heterocycles. The topological polar surface area (TPSA) is 48.3 Å². The molecule has 1 aromatic heterocycles. The van der Waals surface area contributed by atoms with Crippen LogP contribution in [0.15, 0.2) is 12.4 Å². The summed E-state index contributed by atoms with van der Waals surface area (Å²) in [4.78, 5) is 0. The molecule has 2 saturated heterocycles. The van der Waals surface area contributed by atoms with E-state index in [-0.39, 0.29) is 11.2 Å². The van der Waals surface area contributed by atoms with Crippen LogP contribution in [0.3, 0.4) is 0 Å². The van der Waals surface area contributed by atoms with Crippen molar-refractivity contribution in [1.29, 1.82) is 0 Å². The van der Waals surface area contributed by atoms with E-state index in [0.717, 1.165) is 31.7 Å². The van der Waals surface area contributed by atoms with Crippen LogP contribution in [0.4, 0.5) is 5.69 Å². The second kappa shape index (κ2) is 5.29. The molecule has 2 aliphatic rings. The number of hydrogen-bond acceptors (Lipinski definition) is 4. The van der Waals surface area contributed by atoms with E-state index in [1.54, 1.807) is 0 Å². The van der Waals surface area contributed by atoms with Crippen molar-refractivity contribution in [3.63, 3.8) is 0 Å². The van der Waals surface area contributed by atoms with Gasteiger partial charge in [0.2, 0.25) is 0 Å². The molecule has 2 fully saturated rings. The predicted molar refractivity (Wildman–Crippen MR) is 82.5 cm³/mol. The van der Waals surface area contributed by atoms with Crippen LogP contribution in [0.25, 0.3) is 0 Å². The summed E-state index contributed by atoms with van der Waals surface area (Å²) in [6, 6.07) is 0.299. The summed E-state index contributed by atoms with van der Waals surface area (Å²) >= 11 is 0. The molecular formula is C16H27N3O2. The summed E-state index contributed by atoms with van der Waals surface area (Å²) in [5.74, 6) is 0. The summed E-state index contributed by atoms with van der Waals surface area (Å²) in [6.07, 6.45) is 7.60. The fraction of sp³-hybridized carbons (Fsp3) is 0.812. The molecule has 0 amide bonds. The van der Waals surface area contributed by atoms with Crippen LogP contribution in [0.2, 0.25) is 0 Å². The van der Waals surface area contributed by atoms with Gasteiger partial charge in [-0.3, -0.25) is 4.68 Å². The van der Waals surface area contributed by atoms with E-state index in [9.17, 15) is 0 Å². The number of aromatic nitrogens is 2. The molecule has 0 bridgehead atoms. The van der Waals surface area contributed by atoms with Crippen molar-refractivity contribution in [2.75, 3.05) is 11.9 Å². The third kappa shape index (κ3) is 3.40. The molecule has 0 aromatic carbocycles. The zero-order chi connectivity index (χ0) is 15.1. The average molecular weight is 293 g/mol. The number of nitrogens with zero attached hydrogens (tertiary/aromatic N) is 2. The lowest BCUT2D eigenvalue weighted by Crippen LogP contribution is -2.38. The molecule has 0 saturated carbocycles. The maximum absolute atomic E-state index is 6.13. The van der Waals surface area contributed by atoms with Crippen molar-refractivity contribution in [2.45, 2.75) is 76.9 Å². The predicted octanol–water partition coefficient (Wildman–Crippen LogP) is 2.82. The van der Waals surface area contributed by atoms with Crippen LogP contribution in [0.1, 0.15) is 47.0 Å². The fourth-order valence-corrected chi connectivity index (χ4v) is 3.52. The molecule has 3 rings (SSSR count). The second-order valence-electron chi connectivity index (χ2n) is 7.45. The Balaban J connectivity index is 1.61. The number of ether oxygens (including phenoxy) is 2. The van der Waals surface area contributed by atoms with Crippen LogP contribution in [0.5, 0.6) is 0 Å². The van der Waals surface area contributed by atoms with E-state index in [2.05, 4.69) is 44.3 Å². The Morgan fingerprint density at radius 2 is 2.19 bits per heavy atom. The lowest BCUT2D eigenvalue weighted by molar-refractivity contribution is -0.0662. The smallest absolute Gasteiger partial charge is 0.0834 e. The summed E-state index contributed by atoms with van der Waals surface area (Å²) in [7, 11) is 0. The van der Waals surface area contributed by atoms with Crippen molar-refractivity contribution in [1.82, 2.24) is 9.78 Å². The van der Waals surface area contributed by atoms with Crippen LogP contribution >= 0.6 is 0 Å². The zero-order valence-corrected chi connectivity index (χ0v) is 13.6. The number of nitrogens with one attached hydrogen (secondary N) is 1. The van der Waals surface area contributed by atoms with Crippen LogP contribution in [-0.2, 0) is 16.0 Å². The van der Waals surface area contributed by atoms with E-state index < -0.39 is 0 Å². The van der Waals surface area contributed by atoms with Crippen molar-refractivity contribution >= 4 is 5.69 Å². The van der Waals surface area contributed by atoms with Gasteiger partial charge in [-0.2, -0.15) is 5.10 Å². The fourth-order valence-electron chi connectivity index (χ4n) is 3.52. The molecule has 0 spiro atoms. The first-order valence-electron chi connectivity index (χ1n) is 7.95. The van der Waals surface area contributed by atoms with Gasteiger partial charge in [-0.05, 0) is 47.0 Å². The summed E-state index contributed by atoms with van der Waals surface area (Å²) < 4.78 is 13.8. The number of hydrogen-bond donors (Lipinski definition) is 1. The van der Waals surface area contributed by atoms with Gasteiger partial charge in [0.05, 0.1) is 41.8 Å². The normalized spacial score (nSPS) is 30.7. The molecular weight excluding hydrogens is 266 g/mol. The maximum atomic E-state index is 6.13. The second-order valence-corrected chi connectivity index (χ2v) is 7.45. The Labute approximate surface area is 127 Å². The number of rotatable bonds is 4. The van der Waals surface area contributed by atoms with Gasteiger partial charge < -0.3 is 14.8 Å². The molecule has 2 unspecified atom stereocenters. The van der Waals surface area contributed by atoms with Gasteiger partial charge in [-0.25, -0.2) is 0 Å². The van der Waals surface area contributed by atoms with E-state index in [4.69, 9.17) is 9.47 Å². The molecule has 3 heterocycles. The Morgan fingerprint density at radius 1 is 1.38 bits per heavy atom. The molecule has 2 atom stereocenters. The highest BCUT2D eigenvalue weighted by Crippen LogP contribution is 2.38. The lowest BCUT2D eigenvalue weighted by atomic mass is 9.94. The lowest BCUT2D eigenvalue weighted by Gasteiger charge is -2.27. The average Bonchev–Trinajstić information content (AvgIpc) is 3.02. The Bertz CT molecular complexity index is 489. The van der Waals surface area contributed by atoms with Crippen LogP contribution in [-0.4, -0.2) is 39.7 Å². The Hall–Kier alpha value is -1.07. The van der Waals surface area contributed by atoms with Crippen molar-refractivity contribution in [3.8, 4) is 0 Å². The van der Waals surface area contributed by atoms with Crippen molar-refractivity contribution < 1.29 is 9.47 Å². The van der Waals surface area contributed by atoms with Crippen LogP contribution in [0, 0.1) is 0 Å². The molecule has 1 N–H and O–H groups in total. The van der Waals surface area contributed by atoms with Crippen LogP contribution < -0.4 is 5.32 Å². The SMILES string of the molecule is CC1(C)CC(Nc2cnn(CC3CCCO3)c2)C(C)(C)O1. The first-order chi connectivity index (χ1) is 9.84. The van der Waals surface area contributed by atoms with Gasteiger partial charge in [0.25, 0.3) is 0 Å². The van der Waals surface area contributed by atoms with Crippen molar-refractivity contribution in [3.05, 3.63) is 12.4 Å². The minimum atomic E-state index is -0.167. The molecule has 5 heteroatoms. The van der Waals surface area contributed by atoms with Gasteiger partial charge in [0.15, 0.2) is 0 Å². The summed E-state index contributed by atoms with van der Waals surface area (Å²) in [5.41, 5.74) is 0.821. The maximum Gasteiger partial charge on any atom is 0.0834 e. The van der Waals surface area contributed by atoms with E-state index in [0.29, 0.717) is 12.1 Å². The molecule has 118 valence electrons. The number of anilines is 1. The highest BCUT2D eigenvalue weighted by molar-refractivity contribution is 5.40. The third-order valence-corrected chi connectivity index (χ3v) is 4.46. The summed E-state index contributed by atoms with van der Waals surface area (Å²) in [6.45, 7) is 10.3. The first kappa shape index (κ1) is 14.9. The molecule has 1 aromatic rings. The van der Waals surface area contributed by atoms with Gasteiger partial charge in [-0.15, -0.1) is 0 Å². The van der Waals surface area contributed by atoms with E-state index in [1.807, 2.05) is 10.9 Å². The molecule has 0 radical (unpaired) electrons. The third-order valence-electron chi connectivity index (χ3n) is 4.46.